The van der Waals surface area contributed by atoms with E-state index >= 15 is 0 Å². The lowest BCUT2D eigenvalue weighted by Gasteiger charge is -2.08. The third kappa shape index (κ3) is 3.89. The normalized spacial score (nSPS) is 13.1. The van der Waals surface area contributed by atoms with Crippen molar-refractivity contribution in [3.8, 4) is 0 Å². The second kappa shape index (κ2) is 5.78. The topological polar surface area (TPSA) is 53.1 Å². The molecule has 0 aliphatic heterocycles. The van der Waals surface area contributed by atoms with E-state index in [-0.39, 0.29) is 6.04 Å². The molecule has 0 radical (unpaired) electrons. The van der Waals surface area contributed by atoms with E-state index in [9.17, 15) is 0 Å². The van der Waals surface area contributed by atoms with E-state index in [2.05, 4.69) is 5.10 Å². The van der Waals surface area contributed by atoms with Crippen molar-refractivity contribution >= 4 is 0 Å². The van der Waals surface area contributed by atoms with Crippen molar-refractivity contribution in [1.29, 1.82) is 0 Å². The van der Waals surface area contributed by atoms with Crippen LogP contribution in [0.3, 0.4) is 0 Å². The van der Waals surface area contributed by atoms with Crippen molar-refractivity contribution in [2.45, 2.75) is 25.3 Å². The molecule has 0 bridgehead atoms. The van der Waals surface area contributed by atoms with Crippen LogP contribution in [0, 0.1) is 0 Å². The highest BCUT2D eigenvalue weighted by molar-refractivity contribution is 5.00. The Bertz CT molecular complexity index is 260. The zero-order valence-corrected chi connectivity index (χ0v) is 8.94. The molecule has 1 heterocycles. The Morgan fingerprint density at radius 2 is 2.43 bits per heavy atom. The summed E-state index contributed by atoms with van der Waals surface area (Å²) in [6, 6.07) is 2.20. The van der Waals surface area contributed by atoms with Crippen LogP contribution in [0.1, 0.15) is 18.5 Å². The molecule has 0 amide bonds. The Kier molecular flexibility index (Phi) is 4.62. The van der Waals surface area contributed by atoms with Crippen molar-refractivity contribution in [2.24, 2.45) is 12.8 Å². The summed E-state index contributed by atoms with van der Waals surface area (Å²) in [6.45, 7) is 0.788. The molecule has 0 aliphatic rings. The summed E-state index contributed by atoms with van der Waals surface area (Å²) < 4.78 is 6.77. The molecule has 0 aromatic carbocycles. The van der Waals surface area contributed by atoms with Gasteiger partial charge in [-0.3, -0.25) is 4.68 Å². The standard InChI is InChI=1S/C10H19N3O/c1-13-6-5-10(12-13)8-9(11)4-3-7-14-2/h5-6,9H,3-4,7-8,11H2,1-2H3. The van der Waals surface area contributed by atoms with Gasteiger partial charge in [0.1, 0.15) is 0 Å². The van der Waals surface area contributed by atoms with Crippen LogP contribution in [0.4, 0.5) is 0 Å². The maximum Gasteiger partial charge on any atom is 0.0639 e. The number of aryl methyl sites for hydroxylation is 1. The Morgan fingerprint density at radius 3 is 3.00 bits per heavy atom. The number of aromatic nitrogens is 2. The molecule has 2 N–H and O–H groups in total. The Hall–Kier alpha value is -0.870. The lowest BCUT2D eigenvalue weighted by molar-refractivity contribution is 0.190. The molecule has 0 spiro atoms. The number of hydrogen-bond donors (Lipinski definition) is 1. The van der Waals surface area contributed by atoms with Crippen molar-refractivity contribution in [3.05, 3.63) is 18.0 Å². The summed E-state index contributed by atoms with van der Waals surface area (Å²) in [5, 5.41) is 4.28. The maximum absolute atomic E-state index is 5.95. The van der Waals surface area contributed by atoms with Gasteiger partial charge in [-0.05, 0) is 18.9 Å². The zero-order chi connectivity index (χ0) is 10.4. The average molecular weight is 197 g/mol. The molecule has 1 atom stereocenters. The number of rotatable bonds is 6. The number of nitrogens with zero attached hydrogens (tertiary/aromatic N) is 2. The quantitative estimate of drug-likeness (QED) is 0.684. The second-order valence-corrected chi connectivity index (χ2v) is 3.58. The Balaban J connectivity index is 2.23. The van der Waals surface area contributed by atoms with Crippen LogP contribution < -0.4 is 5.73 Å². The number of hydrogen-bond acceptors (Lipinski definition) is 3. The first-order valence-electron chi connectivity index (χ1n) is 4.95. The molecule has 0 saturated carbocycles. The SMILES string of the molecule is COCCCC(N)Cc1ccn(C)n1. The Labute approximate surface area is 85.0 Å². The zero-order valence-electron chi connectivity index (χ0n) is 8.94. The first-order valence-corrected chi connectivity index (χ1v) is 4.95. The van der Waals surface area contributed by atoms with Crippen LogP contribution in [0.25, 0.3) is 0 Å². The molecule has 0 aliphatic carbocycles. The minimum Gasteiger partial charge on any atom is -0.385 e. The summed E-state index contributed by atoms with van der Waals surface area (Å²) in [4.78, 5) is 0. The van der Waals surface area contributed by atoms with E-state index < -0.39 is 0 Å². The van der Waals surface area contributed by atoms with Gasteiger partial charge in [0, 0.05) is 39.4 Å². The van der Waals surface area contributed by atoms with E-state index in [1.165, 1.54) is 0 Å². The molecule has 4 nitrogen and oxygen atoms in total. The average Bonchev–Trinajstić information content (AvgIpc) is 2.52. The molecule has 0 saturated heterocycles. The van der Waals surface area contributed by atoms with Crippen molar-refractivity contribution in [1.82, 2.24) is 9.78 Å². The van der Waals surface area contributed by atoms with Crippen LogP contribution in [-0.4, -0.2) is 29.5 Å². The number of nitrogens with two attached hydrogens (primary N) is 1. The highest BCUT2D eigenvalue weighted by Crippen LogP contribution is 2.03. The van der Waals surface area contributed by atoms with E-state index in [4.69, 9.17) is 10.5 Å². The van der Waals surface area contributed by atoms with Gasteiger partial charge in [-0.2, -0.15) is 5.10 Å². The van der Waals surface area contributed by atoms with Gasteiger partial charge in [-0.1, -0.05) is 0 Å². The van der Waals surface area contributed by atoms with Crippen molar-refractivity contribution < 1.29 is 4.74 Å². The third-order valence-corrected chi connectivity index (χ3v) is 2.16. The minimum absolute atomic E-state index is 0.194. The van der Waals surface area contributed by atoms with E-state index in [1.54, 1.807) is 11.8 Å². The summed E-state index contributed by atoms with van der Waals surface area (Å²) >= 11 is 0. The van der Waals surface area contributed by atoms with Gasteiger partial charge in [0.05, 0.1) is 5.69 Å². The predicted molar refractivity (Wildman–Crippen MR) is 56.0 cm³/mol. The van der Waals surface area contributed by atoms with Gasteiger partial charge < -0.3 is 10.5 Å². The first kappa shape index (κ1) is 11.2. The summed E-state index contributed by atoms with van der Waals surface area (Å²) in [5.74, 6) is 0. The van der Waals surface area contributed by atoms with Crippen molar-refractivity contribution in [3.63, 3.8) is 0 Å². The molecule has 0 fully saturated rings. The summed E-state index contributed by atoms with van der Waals surface area (Å²) in [6.07, 6.45) is 4.80. The second-order valence-electron chi connectivity index (χ2n) is 3.58. The van der Waals surface area contributed by atoms with E-state index in [0.29, 0.717) is 0 Å². The molecule has 1 unspecified atom stereocenters. The van der Waals surface area contributed by atoms with Crippen LogP contribution in [0.15, 0.2) is 12.3 Å². The number of ether oxygens (including phenoxy) is 1. The third-order valence-electron chi connectivity index (χ3n) is 2.16. The fraction of sp³-hybridized carbons (Fsp3) is 0.700. The predicted octanol–water partition coefficient (Wildman–Crippen LogP) is 0.716. The Morgan fingerprint density at radius 1 is 1.64 bits per heavy atom. The minimum atomic E-state index is 0.194. The molecular formula is C10H19N3O. The van der Waals surface area contributed by atoms with E-state index in [0.717, 1.165) is 31.6 Å². The van der Waals surface area contributed by atoms with Gasteiger partial charge in [0.15, 0.2) is 0 Å². The maximum atomic E-state index is 5.95. The van der Waals surface area contributed by atoms with Crippen molar-refractivity contribution in [2.75, 3.05) is 13.7 Å². The fourth-order valence-corrected chi connectivity index (χ4v) is 1.43. The highest BCUT2D eigenvalue weighted by Gasteiger charge is 2.05. The summed E-state index contributed by atoms with van der Waals surface area (Å²) in [5.41, 5.74) is 7.02. The molecule has 1 rings (SSSR count). The lowest BCUT2D eigenvalue weighted by atomic mass is 10.1. The van der Waals surface area contributed by atoms with Crippen LogP contribution in [-0.2, 0) is 18.2 Å². The molecule has 1 aromatic heterocycles. The molecule has 4 heteroatoms. The number of methoxy groups -OCH3 is 1. The fourth-order valence-electron chi connectivity index (χ4n) is 1.43. The van der Waals surface area contributed by atoms with Gasteiger partial charge in [0.2, 0.25) is 0 Å². The van der Waals surface area contributed by atoms with Crippen LogP contribution in [0.2, 0.25) is 0 Å². The van der Waals surface area contributed by atoms with E-state index in [1.807, 2.05) is 19.3 Å². The van der Waals surface area contributed by atoms with Gasteiger partial charge in [-0.25, -0.2) is 0 Å². The largest absolute Gasteiger partial charge is 0.385 e. The van der Waals surface area contributed by atoms with Gasteiger partial charge in [0.25, 0.3) is 0 Å². The summed E-state index contributed by atoms with van der Waals surface area (Å²) in [7, 11) is 3.63. The molecule has 14 heavy (non-hydrogen) atoms. The van der Waals surface area contributed by atoms with Crippen LogP contribution in [0.5, 0.6) is 0 Å². The molecule has 80 valence electrons. The van der Waals surface area contributed by atoms with Gasteiger partial charge >= 0.3 is 0 Å². The van der Waals surface area contributed by atoms with Gasteiger partial charge in [-0.15, -0.1) is 0 Å². The first-order chi connectivity index (χ1) is 6.72. The van der Waals surface area contributed by atoms with Crippen LogP contribution >= 0.6 is 0 Å². The smallest absolute Gasteiger partial charge is 0.0639 e. The lowest BCUT2D eigenvalue weighted by Crippen LogP contribution is -2.23. The molecular weight excluding hydrogens is 178 g/mol. The highest BCUT2D eigenvalue weighted by atomic mass is 16.5. The molecule has 1 aromatic rings. The monoisotopic (exact) mass is 197 g/mol.